The second kappa shape index (κ2) is 9.18. The fourth-order valence-corrected chi connectivity index (χ4v) is 4.24. The Balaban J connectivity index is 1.47. The molecule has 0 N–H and O–H groups in total. The smallest absolute Gasteiger partial charge is 0.364 e. The first-order valence-corrected chi connectivity index (χ1v) is 11.6. The van der Waals surface area contributed by atoms with Crippen molar-refractivity contribution < 1.29 is 4.52 Å². The normalized spacial score (nSPS) is 11.0. The van der Waals surface area contributed by atoms with Crippen LogP contribution in [0.15, 0.2) is 94.7 Å². The van der Waals surface area contributed by atoms with Crippen molar-refractivity contribution in [3.63, 3.8) is 0 Å². The minimum Gasteiger partial charge on any atom is -0.364 e. The molecule has 37 heavy (non-hydrogen) atoms. The van der Waals surface area contributed by atoms with Crippen molar-refractivity contribution in [3.05, 3.63) is 112 Å². The number of hydrogen-bond acceptors (Lipinski definition) is 7. The summed E-state index contributed by atoms with van der Waals surface area (Å²) in [5, 5.41) is 22.8. The van der Waals surface area contributed by atoms with Gasteiger partial charge in [-0.2, -0.15) is 14.9 Å². The van der Waals surface area contributed by atoms with Gasteiger partial charge in [0.15, 0.2) is 5.65 Å². The van der Waals surface area contributed by atoms with Gasteiger partial charge in [0, 0.05) is 39.5 Å². The molecule has 2 aromatic carbocycles. The molecular weight excluding hydrogens is 490 g/mol. The van der Waals surface area contributed by atoms with Gasteiger partial charge in [0.1, 0.15) is 23.7 Å². The van der Waals surface area contributed by atoms with E-state index < -0.39 is 0 Å². The van der Waals surface area contributed by atoms with Crippen LogP contribution >= 0.6 is 11.6 Å². The summed E-state index contributed by atoms with van der Waals surface area (Å²) in [4.78, 5) is 17.5. The van der Waals surface area contributed by atoms with Crippen LogP contribution in [0.2, 0.25) is 5.02 Å². The highest BCUT2D eigenvalue weighted by molar-refractivity contribution is 6.30. The number of halogens is 1. The van der Waals surface area contributed by atoms with E-state index in [1.807, 2.05) is 42.5 Å². The molecule has 6 aromatic rings. The summed E-state index contributed by atoms with van der Waals surface area (Å²) in [7, 11) is 0. The zero-order chi connectivity index (χ0) is 25.4. The first kappa shape index (κ1) is 22.4. The van der Waals surface area contributed by atoms with E-state index in [1.165, 1.54) is 15.5 Å². The monoisotopic (exact) mass is 505 g/mol. The predicted molar refractivity (Wildman–Crippen MR) is 137 cm³/mol. The van der Waals surface area contributed by atoms with Crippen molar-refractivity contribution in [3.8, 4) is 39.6 Å². The Morgan fingerprint density at radius 2 is 1.68 bits per heavy atom. The third kappa shape index (κ3) is 4.16. The summed E-state index contributed by atoms with van der Waals surface area (Å²) < 4.78 is 7.56. The number of benzene rings is 2. The van der Waals surface area contributed by atoms with Crippen LogP contribution in [0.5, 0.6) is 0 Å². The van der Waals surface area contributed by atoms with Crippen LogP contribution in [-0.2, 0) is 6.54 Å². The first-order chi connectivity index (χ1) is 18.1. The third-order valence-corrected chi connectivity index (χ3v) is 6.21. The molecule has 10 heteroatoms. The Morgan fingerprint density at radius 3 is 2.35 bits per heavy atom. The molecule has 0 aliphatic carbocycles. The van der Waals surface area contributed by atoms with Crippen LogP contribution in [0.1, 0.15) is 11.3 Å². The molecule has 178 valence electrons. The summed E-state index contributed by atoms with van der Waals surface area (Å²) in [6.45, 7) is 0.253. The molecule has 0 aliphatic rings. The van der Waals surface area contributed by atoms with E-state index in [1.54, 1.807) is 42.7 Å². The molecule has 0 atom stereocenters. The molecule has 4 heterocycles. The molecule has 4 aromatic heterocycles. The lowest BCUT2D eigenvalue weighted by Gasteiger charge is -2.10. The molecule has 0 saturated carbocycles. The number of rotatable bonds is 5. The van der Waals surface area contributed by atoms with E-state index in [0.717, 1.165) is 27.9 Å². The van der Waals surface area contributed by atoms with Gasteiger partial charge in [-0.15, -0.1) is 5.10 Å². The highest BCUT2D eigenvalue weighted by Crippen LogP contribution is 2.34. The van der Waals surface area contributed by atoms with Crippen molar-refractivity contribution in [2.45, 2.75) is 6.54 Å². The molecule has 0 unspecified atom stereocenters. The summed E-state index contributed by atoms with van der Waals surface area (Å²) in [5.74, 6) is 0. The third-order valence-electron chi connectivity index (χ3n) is 5.96. The van der Waals surface area contributed by atoms with Crippen molar-refractivity contribution >= 4 is 17.2 Å². The Labute approximate surface area is 214 Å². The number of fused-ring (bicyclic) bond motifs is 1. The van der Waals surface area contributed by atoms with Crippen molar-refractivity contribution in [1.29, 1.82) is 5.26 Å². The summed E-state index contributed by atoms with van der Waals surface area (Å²) in [6.07, 6.45) is 4.75. The van der Waals surface area contributed by atoms with Crippen molar-refractivity contribution in [2.75, 3.05) is 0 Å². The van der Waals surface area contributed by atoms with Gasteiger partial charge in [0.2, 0.25) is 0 Å². The van der Waals surface area contributed by atoms with Gasteiger partial charge >= 0.3 is 5.69 Å². The molecule has 0 spiro atoms. The maximum atomic E-state index is 13.3. The Kier molecular flexibility index (Phi) is 5.56. The lowest BCUT2D eigenvalue weighted by Crippen LogP contribution is -2.22. The predicted octanol–water partition coefficient (Wildman–Crippen LogP) is 4.85. The minimum atomic E-state index is -0.374. The molecule has 0 aliphatic heterocycles. The summed E-state index contributed by atoms with van der Waals surface area (Å²) >= 11 is 6.10. The van der Waals surface area contributed by atoms with Crippen LogP contribution in [0.3, 0.4) is 0 Å². The number of nitrogens with zero attached hydrogens (tertiary/aromatic N) is 7. The molecule has 0 saturated heterocycles. The van der Waals surface area contributed by atoms with Crippen LogP contribution in [-0.4, -0.2) is 29.5 Å². The molecular formula is C27H16ClN7O2. The van der Waals surface area contributed by atoms with Crippen LogP contribution < -0.4 is 5.69 Å². The van der Waals surface area contributed by atoms with Gasteiger partial charge in [-0.05, 0) is 35.4 Å². The van der Waals surface area contributed by atoms with Crippen LogP contribution in [0.4, 0.5) is 0 Å². The summed E-state index contributed by atoms with van der Waals surface area (Å²) in [5.41, 5.74) is 5.80. The number of pyridine rings is 1. The largest absolute Gasteiger partial charge is 0.367 e. The topological polar surface area (TPSA) is 115 Å². The molecule has 6 rings (SSSR count). The maximum absolute atomic E-state index is 13.3. The Morgan fingerprint density at radius 1 is 0.919 bits per heavy atom. The number of hydrogen-bond donors (Lipinski definition) is 0. The second-order valence-corrected chi connectivity index (χ2v) is 8.68. The minimum absolute atomic E-state index is 0.253. The Bertz CT molecular complexity index is 1810. The average Bonchev–Trinajstić information content (AvgIpc) is 3.58. The van der Waals surface area contributed by atoms with Gasteiger partial charge in [-0.25, -0.2) is 14.5 Å². The van der Waals surface area contributed by atoms with Gasteiger partial charge < -0.3 is 4.52 Å². The lowest BCUT2D eigenvalue weighted by atomic mass is 9.98. The van der Waals surface area contributed by atoms with E-state index in [0.29, 0.717) is 27.5 Å². The molecule has 9 nitrogen and oxygen atoms in total. The van der Waals surface area contributed by atoms with Gasteiger partial charge in [0.25, 0.3) is 0 Å². The average molecular weight is 506 g/mol. The lowest BCUT2D eigenvalue weighted by molar-refractivity contribution is 0.422. The van der Waals surface area contributed by atoms with E-state index in [2.05, 4.69) is 20.3 Å². The van der Waals surface area contributed by atoms with E-state index in [-0.39, 0.29) is 12.2 Å². The standard InChI is InChI=1S/C27H16ClN7O2/c28-21-8-5-18(6-9-21)23-15-31-35-26(25(23)20-7-10-22(13-29)30-14-20)32-34(27(35)36)16-17-1-3-19(4-2-17)24-11-12-37-33-24/h1-12,14-15H,16H2. The van der Waals surface area contributed by atoms with Crippen LogP contribution in [0.25, 0.3) is 39.2 Å². The van der Waals surface area contributed by atoms with E-state index >= 15 is 0 Å². The van der Waals surface area contributed by atoms with Crippen molar-refractivity contribution in [2.24, 2.45) is 0 Å². The quantitative estimate of drug-likeness (QED) is 0.329. The highest BCUT2D eigenvalue weighted by Gasteiger charge is 2.19. The zero-order valence-electron chi connectivity index (χ0n) is 19.1. The summed E-state index contributed by atoms with van der Waals surface area (Å²) in [6, 6.07) is 22.2. The first-order valence-electron chi connectivity index (χ1n) is 11.2. The number of nitriles is 1. The maximum Gasteiger partial charge on any atom is 0.367 e. The highest BCUT2D eigenvalue weighted by atomic mass is 35.5. The van der Waals surface area contributed by atoms with Crippen molar-refractivity contribution in [1.82, 2.24) is 29.5 Å². The fraction of sp³-hybridized carbons (Fsp3) is 0.0370. The Hall–Kier alpha value is -5.07. The van der Waals surface area contributed by atoms with Gasteiger partial charge in [-0.3, -0.25) is 0 Å². The van der Waals surface area contributed by atoms with E-state index in [9.17, 15) is 10.1 Å². The SMILES string of the molecule is N#Cc1ccc(-c2c(-c3ccc(Cl)cc3)cnn3c(=O)n(Cc4ccc(-c5ccon5)cc4)nc23)cn1. The van der Waals surface area contributed by atoms with Crippen LogP contribution in [0, 0.1) is 11.3 Å². The molecule has 0 fully saturated rings. The number of aromatic nitrogens is 6. The molecule has 0 bridgehead atoms. The molecule has 0 amide bonds. The zero-order valence-corrected chi connectivity index (χ0v) is 19.9. The second-order valence-electron chi connectivity index (χ2n) is 8.24. The van der Waals surface area contributed by atoms with E-state index in [4.69, 9.17) is 16.1 Å². The molecule has 0 radical (unpaired) electrons. The fourth-order valence-electron chi connectivity index (χ4n) is 4.12. The van der Waals surface area contributed by atoms with Gasteiger partial charge in [0.05, 0.1) is 12.7 Å². The van der Waals surface area contributed by atoms with Gasteiger partial charge in [-0.1, -0.05) is 53.2 Å².